The fourth-order valence-electron chi connectivity index (χ4n) is 0.879. The Labute approximate surface area is 70.6 Å². The summed E-state index contributed by atoms with van der Waals surface area (Å²) < 4.78 is 4.75. The number of phenolic OH excluding ortho intramolecular Hbond substituents is 1. The first-order valence-corrected chi connectivity index (χ1v) is 3.90. The van der Waals surface area contributed by atoms with Crippen LogP contribution in [0.15, 0.2) is 28.9 Å². The van der Waals surface area contributed by atoms with Gasteiger partial charge in [-0.2, -0.15) is 0 Å². The van der Waals surface area contributed by atoms with Gasteiger partial charge in [0.2, 0.25) is 5.58 Å². The van der Waals surface area contributed by atoms with Gasteiger partial charge in [0.25, 0.3) is 0 Å². The Kier molecular flexibility index (Phi) is 2.69. The minimum absolute atomic E-state index is 0.134. The zero-order valence-corrected chi connectivity index (χ0v) is 7.11. The van der Waals surface area contributed by atoms with Gasteiger partial charge in [-0.05, 0) is 12.1 Å². The summed E-state index contributed by atoms with van der Waals surface area (Å²) in [4.78, 5) is 0. The smallest absolute Gasteiger partial charge is 0.208 e. The molecular formula is C9H11NO2. The van der Waals surface area contributed by atoms with Crippen LogP contribution < -0.4 is 0 Å². The lowest BCUT2D eigenvalue weighted by molar-refractivity contribution is 0.422. The molecule has 0 amide bonds. The molecule has 1 aromatic heterocycles. The fraction of sp³-hybridized carbons (Fsp3) is 0.222. The van der Waals surface area contributed by atoms with Crippen LogP contribution in [0.3, 0.4) is 0 Å². The van der Waals surface area contributed by atoms with Crippen molar-refractivity contribution in [2.45, 2.75) is 13.8 Å². The Morgan fingerprint density at radius 3 is 2.75 bits per heavy atom. The van der Waals surface area contributed by atoms with E-state index < -0.39 is 0 Å². The molecule has 2 rings (SSSR count). The molecule has 1 heterocycles. The van der Waals surface area contributed by atoms with E-state index in [0.717, 1.165) is 5.39 Å². The average Bonchev–Trinajstić information content (AvgIpc) is 2.57. The predicted molar refractivity (Wildman–Crippen MR) is 47.0 cm³/mol. The SMILES string of the molecule is CC.Oc1cccc2cnoc12. The van der Waals surface area contributed by atoms with Crippen molar-refractivity contribution < 1.29 is 9.63 Å². The van der Waals surface area contributed by atoms with E-state index in [9.17, 15) is 0 Å². The van der Waals surface area contributed by atoms with Gasteiger partial charge >= 0.3 is 0 Å². The topological polar surface area (TPSA) is 46.3 Å². The van der Waals surface area contributed by atoms with Crippen LogP contribution in [0, 0.1) is 0 Å². The van der Waals surface area contributed by atoms with Gasteiger partial charge in [-0.25, -0.2) is 0 Å². The Balaban J connectivity index is 0.000000336. The van der Waals surface area contributed by atoms with E-state index in [4.69, 9.17) is 9.63 Å². The molecule has 0 saturated heterocycles. The molecule has 0 atom stereocenters. The molecule has 0 fully saturated rings. The largest absolute Gasteiger partial charge is 0.504 e. The maximum Gasteiger partial charge on any atom is 0.208 e. The van der Waals surface area contributed by atoms with Crippen LogP contribution in [0.4, 0.5) is 0 Å². The number of para-hydroxylation sites is 1. The van der Waals surface area contributed by atoms with Crippen molar-refractivity contribution in [3.05, 3.63) is 24.4 Å². The number of nitrogens with zero attached hydrogens (tertiary/aromatic N) is 1. The van der Waals surface area contributed by atoms with E-state index in [1.807, 2.05) is 19.9 Å². The summed E-state index contributed by atoms with van der Waals surface area (Å²) in [7, 11) is 0. The van der Waals surface area contributed by atoms with E-state index >= 15 is 0 Å². The first kappa shape index (κ1) is 8.59. The van der Waals surface area contributed by atoms with Gasteiger partial charge in [-0.3, -0.25) is 0 Å². The van der Waals surface area contributed by atoms with Crippen LogP contribution in [0.1, 0.15) is 13.8 Å². The molecule has 0 aliphatic heterocycles. The molecule has 0 radical (unpaired) electrons. The highest BCUT2D eigenvalue weighted by atomic mass is 16.5. The summed E-state index contributed by atoms with van der Waals surface area (Å²) in [5.41, 5.74) is 0.447. The molecule has 3 heteroatoms. The second-order valence-electron chi connectivity index (χ2n) is 2.02. The number of fused-ring (bicyclic) bond motifs is 1. The maximum absolute atomic E-state index is 9.13. The Morgan fingerprint density at radius 1 is 1.33 bits per heavy atom. The van der Waals surface area contributed by atoms with Crippen molar-refractivity contribution in [1.82, 2.24) is 5.16 Å². The average molecular weight is 165 g/mol. The van der Waals surface area contributed by atoms with E-state index in [2.05, 4.69) is 5.16 Å². The van der Waals surface area contributed by atoms with Crippen LogP contribution in [0.25, 0.3) is 11.0 Å². The van der Waals surface area contributed by atoms with E-state index in [1.54, 1.807) is 18.3 Å². The maximum atomic E-state index is 9.13. The molecule has 64 valence electrons. The molecule has 0 aliphatic rings. The molecule has 0 spiro atoms. The van der Waals surface area contributed by atoms with Gasteiger partial charge in [-0.15, -0.1) is 0 Å². The lowest BCUT2D eigenvalue weighted by Crippen LogP contribution is -1.63. The summed E-state index contributed by atoms with van der Waals surface area (Å²) >= 11 is 0. The van der Waals surface area contributed by atoms with E-state index in [-0.39, 0.29) is 5.75 Å². The minimum Gasteiger partial charge on any atom is -0.504 e. The number of phenols is 1. The van der Waals surface area contributed by atoms with E-state index in [0.29, 0.717) is 5.58 Å². The second kappa shape index (κ2) is 3.76. The van der Waals surface area contributed by atoms with Crippen LogP contribution in [0.5, 0.6) is 5.75 Å². The molecule has 0 saturated carbocycles. The van der Waals surface area contributed by atoms with Gasteiger partial charge in [0.1, 0.15) is 0 Å². The van der Waals surface area contributed by atoms with Crippen molar-refractivity contribution in [2.75, 3.05) is 0 Å². The van der Waals surface area contributed by atoms with Crippen molar-refractivity contribution in [3.8, 4) is 5.75 Å². The normalized spacial score (nSPS) is 9.17. The van der Waals surface area contributed by atoms with Crippen molar-refractivity contribution in [1.29, 1.82) is 0 Å². The molecule has 0 unspecified atom stereocenters. The van der Waals surface area contributed by atoms with Gasteiger partial charge in [0, 0.05) is 5.39 Å². The van der Waals surface area contributed by atoms with Gasteiger partial charge in [0.15, 0.2) is 5.75 Å². The Bertz CT molecular complexity index is 354. The summed E-state index contributed by atoms with van der Waals surface area (Å²) in [5.74, 6) is 0.134. The standard InChI is InChI=1S/C7H5NO2.C2H6/c9-6-3-1-2-5-4-8-10-7(5)6;1-2/h1-4,9H;1-2H3. The summed E-state index contributed by atoms with van der Waals surface area (Å²) in [6.07, 6.45) is 1.56. The molecule has 2 aromatic rings. The fourth-order valence-corrected chi connectivity index (χ4v) is 0.879. The van der Waals surface area contributed by atoms with Crippen molar-refractivity contribution in [3.63, 3.8) is 0 Å². The monoisotopic (exact) mass is 165 g/mol. The molecule has 1 N–H and O–H groups in total. The summed E-state index contributed by atoms with van der Waals surface area (Å²) in [5, 5.41) is 13.5. The minimum atomic E-state index is 0.134. The van der Waals surface area contributed by atoms with E-state index in [1.165, 1.54) is 0 Å². The third kappa shape index (κ3) is 1.39. The van der Waals surface area contributed by atoms with Gasteiger partial charge in [-0.1, -0.05) is 25.1 Å². The molecule has 12 heavy (non-hydrogen) atoms. The van der Waals surface area contributed by atoms with Crippen LogP contribution in [0.2, 0.25) is 0 Å². The van der Waals surface area contributed by atoms with Crippen molar-refractivity contribution in [2.24, 2.45) is 0 Å². The second-order valence-corrected chi connectivity index (χ2v) is 2.02. The zero-order chi connectivity index (χ0) is 8.97. The lowest BCUT2D eigenvalue weighted by Gasteiger charge is -1.87. The first-order chi connectivity index (χ1) is 5.88. The predicted octanol–water partition coefficient (Wildman–Crippen LogP) is 2.56. The number of hydrogen-bond donors (Lipinski definition) is 1. The number of benzene rings is 1. The highest BCUT2D eigenvalue weighted by molar-refractivity contribution is 5.81. The van der Waals surface area contributed by atoms with Crippen LogP contribution in [-0.2, 0) is 0 Å². The van der Waals surface area contributed by atoms with Gasteiger partial charge in [0.05, 0.1) is 6.20 Å². The third-order valence-electron chi connectivity index (χ3n) is 1.36. The van der Waals surface area contributed by atoms with Gasteiger partial charge < -0.3 is 9.63 Å². The quantitative estimate of drug-likeness (QED) is 0.652. The number of hydrogen-bond acceptors (Lipinski definition) is 3. The Hall–Kier alpha value is -1.51. The summed E-state index contributed by atoms with van der Waals surface area (Å²) in [6.45, 7) is 4.00. The van der Waals surface area contributed by atoms with Crippen molar-refractivity contribution >= 4 is 11.0 Å². The first-order valence-electron chi connectivity index (χ1n) is 3.90. The number of rotatable bonds is 0. The molecule has 1 aromatic carbocycles. The zero-order valence-electron chi connectivity index (χ0n) is 7.11. The third-order valence-corrected chi connectivity index (χ3v) is 1.36. The summed E-state index contributed by atoms with van der Waals surface area (Å²) in [6, 6.07) is 5.13. The lowest BCUT2D eigenvalue weighted by atomic mass is 10.2. The Morgan fingerprint density at radius 2 is 2.08 bits per heavy atom. The number of aromatic hydroxyl groups is 1. The molecular weight excluding hydrogens is 154 g/mol. The highest BCUT2D eigenvalue weighted by Gasteiger charge is 2.00. The molecule has 0 bridgehead atoms. The van der Waals surface area contributed by atoms with Crippen LogP contribution in [-0.4, -0.2) is 10.3 Å². The van der Waals surface area contributed by atoms with Crippen LogP contribution >= 0.6 is 0 Å². The molecule has 0 aliphatic carbocycles. The number of aromatic nitrogens is 1. The highest BCUT2D eigenvalue weighted by Crippen LogP contribution is 2.22. The molecule has 3 nitrogen and oxygen atoms in total.